The molecule has 0 aliphatic heterocycles. The molecule has 0 radical (unpaired) electrons. The van der Waals surface area contributed by atoms with Crippen LogP contribution in [0.25, 0.3) is 0 Å². The fourth-order valence-corrected chi connectivity index (χ4v) is 3.61. The molecule has 0 saturated carbocycles. The Balaban J connectivity index is 1.98. The SMILES string of the molecule is CCc1cccc(C)c1NC(=O)C(C)Sc1ccc(NC(=O)C=C(C)C(=O)O)cc1. The Bertz CT molecular complexity index is 968. The molecular weight excluding hydrogens is 400 g/mol. The number of hydrogen-bond acceptors (Lipinski definition) is 4. The van der Waals surface area contributed by atoms with Crippen molar-refractivity contribution in [2.75, 3.05) is 10.6 Å². The highest BCUT2D eigenvalue weighted by atomic mass is 32.2. The Labute approximate surface area is 180 Å². The number of hydrogen-bond donors (Lipinski definition) is 3. The molecule has 0 fully saturated rings. The highest BCUT2D eigenvalue weighted by molar-refractivity contribution is 8.00. The Morgan fingerprint density at radius 2 is 1.77 bits per heavy atom. The van der Waals surface area contributed by atoms with Gasteiger partial charge in [-0.1, -0.05) is 25.1 Å². The molecule has 0 saturated heterocycles. The number of rotatable bonds is 8. The molecule has 0 bridgehead atoms. The van der Waals surface area contributed by atoms with Gasteiger partial charge < -0.3 is 15.7 Å². The maximum atomic E-state index is 12.7. The molecule has 2 amide bonds. The molecule has 0 aliphatic carbocycles. The number of nitrogens with one attached hydrogen (secondary N) is 2. The Kier molecular flexibility index (Phi) is 8.24. The molecule has 30 heavy (non-hydrogen) atoms. The van der Waals surface area contributed by atoms with Crippen LogP contribution in [0.1, 0.15) is 31.9 Å². The van der Waals surface area contributed by atoms with Crippen molar-refractivity contribution in [3.05, 3.63) is 65.2 Å². The van der Waals surface area contributed by atoms with Crippen molar-refractivity contribution in [2.24, 2.45) is 0 Å². The first kappa shape index (κ1) is 23.2. The molecule has 1 unspecified atom stereocenters. The second-order valence-electron chi connectivity index (χ2n) is 6.86. The zero-order valence-electron chi connectivity index (χ0n) is 17.5. The molecule has 2 aromatic carbocycles. The molecule has 7 heteroatoms. The lowest BCUT2D eigenvalue weighted by molar-refractivity contribution is -0.132. The van der Waals surface area contributed by atoms with Crippen LogP contribution in [-0.2, 0) is 20.8 Å². The summed E-state index contributed by atoms with van der Waals surface area (Å²) < 4.78 is 0. The summed E-state index contributed by atoms with van der Waals surface area (Å²) in [6.07, 6.45) is 1.88. The predicted octanol–water partition coefficient (Wildman–Crippen LogP) is 4.65. The van der Waals surface area contributed by atoms with Crippen molar-refractivity contribution in [1.82, 2.24) is 0 Å². The van der Waals surface area contributed by atoms with Gasteiger partial charge in [-0.15, -0.1) is 11.8 Å². The average molecular weight is 427 g/mol. The monoisotopic (exact) mass is 426 g/mol. The first-order chi connectivity index (χ1) is 14.2. The fourth-order valence-electron chi connectivity index (χ4n) is 2.74. The van der Waals surface area contributed by atoms with Crippen molar-refractivity contribution in [3.63, 3.8) is 0 Å². The largest absolute Gasteiger partial charge is 0.478 e. The number of anilines is 2. The molecule has 3 N–H and O–H groups in total. The molecule has 158 valence electrons. The summed E-state index contributed by atoms with van der Waals surface area (Å²) in [4.78, 5) is 36.1. The van der Waals surface area contributed by atoms with Crippen LogP contribution in [0.5, 0.6) is 0 Å². The number of carboxylic acids is 1. The van der Waals surface area contributed by atoms with Crippen molar-refractivity contribution >= 4 is 40.9 Å². The van der Waals surface area contributed by atoms with E-state index in [0.29, 0.717) is 5.69 Å². The molecule has 0 heterocycles. The third kappa shape index (κ3) is 6.49. The number of carbonyl (C=O) groups is 3. The standard InChI is InChI=1S/C23H26N2O4S/c1-5-17-8-6-7-14(2)21(17)25-22(27)16(4)30-19-11-9-18(10-12-19)24-20(26)13-15(3)23(28)29/h6-13,16H,5H2,1-4H3,(H,24,26)(H,25,27)(H,28,29). The number of aryl methyl sites for hydroxylation is 2. The van der Waals surface area contributed by atoms with Gasteiger partial charge in [0.05, 0.1) is 5.25 Å². The van der Waals surface area contributed by atoms with E-state index in [1.807, 2.05) is 44.2 Å². The number of amides is 2. The summed E-state index contributed by atoms with van der Waals surface area (Å²) in [5, 5.41) is 14.2. The third-order valence-corrected chi connectivity index (χ3v) is 5.59. The average Bonchev–Trinajstić information content (AvgIpc) is 2.70. The van der Waals surface area contributed by atoms with E-state index in [9.17, 15) is 14.4 Å². The minimum atomic E-state index is -1.14. The van der Waals surface area contributed by atoms with Crippen LogP contribution in [0.15, 0.2) is 59.0 Å². The summed E-state index contributed by atoms with van der Waals surface area (Å²) in [5.74, 6) is -1.72. The molecule has 2 rings (SSSR count). The van der Waals surface area contributed by atoms with Gasteiger partial charge in [-0.25, -0.2) is 4.79 Å². The third-order valence-electron chi connectivity index (χ3n) is 4.48. The molecule has 6 nitrogen and oxygen atoms in total. The molecule has 2 aromatic rings. The van der Waals surface area contributed by atoms with Crippen LogP contribution in [0.2, 0.25) is 0 Å². The summed E-state index contributed by atoms with van der Waals surface area (Å²) >= 11 is 1.42. The normalized spacial score (nSPS) is 12.2. The number of para-hydroxylation sites is 1. The summed E-state index contributed by atoms with van der Waals surface area (Å²) in [7, 11) is 0. The lowest BCUT2D eigenvalue weighted by atomic mass is 10.1. The molecule has 0 aliphatic rings. The van der Waals surface area contributed by atoms with E-state index >= 15 is 0 Å². The highest BCUT2D eigenvalue weighted by Gasteiger charge is 2.17. The molecule has 0 spiro atoms. The van der Waals surface area contributed by atoms with Crippen molar-refractivity contribution < 1.29 is 19.5 Å². The summed E-state index contributed by atoms with van der Waals surface area (Å²) in [5.41, 5.74) is 3.52. The summed E-state index contributed by atoms with van der Waals surface area (Å²) in [6, 6.07) is 13.0. The topological polar surface area (TPSA) is 95.5 Å². The minimum absolute atomic E-state index is 0.0422. The van der Waals surface area contributed by atoms with Gasteiger partial charge in [-0.05, 0) is 62.6 Å². The van der Waals surface area contributed by atoms with E-state index in [4.69, 9.17) is 5.11 Å². The van der Waals surface area contributed by atoms with Crippen LogP contribution in [0.3, 0.4) is 0 Å². The number of aliphatic carboxylic acids is 1. The van der Waals surface area contributed by atoms with Crippen molar-refractivity contribution in [3.8, 4) is 0 Å². The molecule has 1 atom stereocenters. The van der Waals surface area contributed by atoms with Crippen LogP contribution in [0.4, 0.5) is 11.4 Å². The van der Waals surface area contributed by atoms with E-state index in [1.165, 1.54) is 18.7 Å². The lowest BCUT2D eigenvalue weighted by Gasteiger charge is -2.16. The van der Waals surface area contributed by atoms with Gasteiger partial charge in [0.1, 0.15) is 0 Å². The van der Waals surface area contributed by atoms with E-state index in [0.717, 1.165) is 34.2 Å². The van der Waals surface area contributed by atoms with Crippen molar-refractivity contribution in [1.29, 1.82) is 0 Å². The van der Waals surface area contributed by atoms with Gasteiger partial charge >= 0.3 is 5.97 Å². The van der Waals surface area contributed by atoms with Gasteiger partial charge in [0.15, 0.2) is 0 Å². The first-order valence-corrected chi connectivity index (χ1v) is 10.5. The Morgan fingerprint density at radius 1 is 1.10 bits per heavy atom. The summed E-state index contributed by atoms with van der Waals surface area (Å²) in [6.45, 7) is 7.24. The zero-order chi connectivity index (χ0) is 22.3. The van der Waals surface area contributed by atoms with Crippen LogP contribution in [0, 0.1) is 6.92 Å². The number of carbonyl (C=O) groups excluding carboxylic acids is 2. The number of thioether (sulfide) groups is 1. The number of carboxylic acid groups (broad SMARTS) is 1. The zero-order valence-corrected chi connectivity index (χ0v) is 18.3. The van der Waals surface area contributed by atoms with E-state index < -0.39 is 11.9 Å². The highest BCUT2D eigenvalue weighted by Crippen LogP contribution is 2.27. The fraction of sp³-hybridized carbons (Fsp3) is 0.261. The molecular formula is C23H26N2O4S. The number of benzene rings is 2. The maximum absolute atomic E-state index is 12.7. The molecule has 0 aromatic heterocycles. The van der Waals surface area contributed by atoms with Crippen molar-refractivity contribution in [2.45, 2.75) is 44.3 Å². The first-order valence-electron chi connectivity index (χ1n) is 9.60. The van der Waals surface area contributed by atoms with Gasteiger partial charge in [0.25, 0.3) is 0 Å². The van der Waals surface area contributed by atoms with E-state index in [1.54, 1.807) is 12.1 Å². The Morgan fingerprint density at radius 3 is 2.37 bits per heavy atom. The smallest absolute Gasteiger partial charge is 0.331 e. The van der Waals surface area contributed by atoms with E-state index in [-0.39, 0.29) is 16.7 Å². The second kappa shape index (κ2) is 10.6. The van der Waals surface area contributed by atoms with Crippen LogP contribution in [-0.4, -0.2) is 28.1 Å². The Hall–Kier alpha value is -3.06. The van der Waals surface area contributed by atoms with Gasteiger partial charge in [-0.2, -0.15) is 0 Å². The predicted molar refractivity (Wildman–Crippen MR) is 121 cm³/mol. The van der Waals surface area contributed by atoms with Crippen LogP contribution < -0.4 is 10.6 Å². The van der Waals surface area contributed by atoms with Gasteiger partial charge in [-0.3, -0.25) is 9.59 Å². The van der Waals surface area contributed by atoms with E-state index in [2.05, 4.69) is 17.6 Å². The van der Waals surface area contributed by atoms with Gasteiger partial charge in [0, 0.05) is 27.9 Å². The second-order valence-corrected chi connectivity index (χ2v) is 8.27. The minimum Gasteiger partial charge on any atom is -0.478 e. The lowest BCUT2D eigenvalue weighted by Crippen LogP contribution is -2.23. The quantitative estimate of drug-likeness (QED) is 0.422. The van der Waals surface area contributed by atoms with Gasteiger partial charge in [0.2, 0.25) is 11.8 Å². The van der Waals surface area contributed by atoms with Crippen LogP contribution >= 0.6 is 11.8 Å². The maximum Gasteiger partial charge on any atom is 0.331 e.